The van der Waals surface area contributed by atoms with Gasteiger partial charge in [-0.2, -0.15) is 0 Å². The molecule has 1 aliphatic rings. The van der Waals surface area contributed by atoms with Gasteiger partial charge in [-0.25, -0.2) is 23.7 Å². The van der Waals surface area contributed by atoms with E-state index in [0.29, 0.717) is 17.8 Å². The van der Waals surface area contributed by atoms with E-state index in [1.807, 2.05) is 12.1 Å². The molecule has 1 aromatic carbocycles. The monoisotopic (exact) mass is 355 g/mol. The highest BCUT2D eigenvalue weighted by Crippen LogP contribution is 2.25. The average molecular weight is 355 g/mol. The van der Waals surface area contributed by atoms with Crippen molar-refractivity contribution in [3.8, 4) is 0 Å². The van der Waals surface area contributed by atoms with Crippen LogP contribution < -0.4 is 4.90 Å². The largest absolute Gasteiger partial charge is 0.353 e. The number of hydrogen-bond donors (Lipinski definition) is 0. The molecule has 0 spiro atoms. The average Bonchev–Trinajstić information content (AvgIpc) is 2.65. The predicted octanol–water partition coefficient (Wildman–Crippen LogP) is 3.01. The van der Waals surface area contributed by atoms with Gasteiger partial charge in [-0.3, -0.25) is 4.90 Å². The second-order valence-electron chi connectivity index (χ2n) is 6.57. The summed E-state index contributed by atoms with van der Waals surface area (Å²) < 4.78 is 27.0. The Morgan fingerprint density at radius 1 is 1.12 bits per heavy atom. The summed E-state index contributed by atoms with van der Waals surface area (Å²) in [6.07, 6.45) is 3.26. The fourth-order valence-electron chi connectivity index (χ4n) is 3.43. The molecule has 1 saturated heterocycles. The van der Waals surface area contributed by atoms with Gasteiger partial charge in [-0.1, -0.05) is 6.07 Å². The lowest BCUT2D eigenvalue weighted by atomic mass is 10.1. The molecule has 0 amide bonds. The number of fused-ring (bicyclic) bond motifs is 1. The molecular weight excluding hydrogens is 336 g/mol. The van der Waals surface area contributed by atoms with E-state index in [4.69, 9.17) is 0 Å². The van der Waals surface area contributed by atoms with Crippen molar-refractivity contribution < 1.29 is 8.78 Å². The van der Waals surface area contributed by atoms with E-state index in [1.54, 1.807) is 6.20 Å². The SMILES string of the molecule is CC1CN(c2ncnc3ncccc23)CCN1Cc1ccc(F)cc1F. The number of piperazine rings is 1. The van der Waals surface area contributed by atoms with Gasteiger partial charge >= 0.3 is 0 Å². The molecule has 134 valence electrons. The third kappa shape index (κ3) is 3.22. The van der Waals surface area contributed by atoms with Crippen LogP contribution in [-0.4, -0.2) is 45.5 Å². The first kappa shape index (κ1) is 16.8. The molecule has 1 aliphatic heterocycles. The van der Waals surface area contributed by atoms with Crippen LogP contribution >= 0.6 is 0 Å². The minimum Gasteiger partial charge on any atom is -0.353 e. The Morgan fingerprint density at radius 2 is 2.00 bits per heavy atom. The lowest BCUT2D eigenvalue weighted by Gasteiger charge is -2.40. The maximum atomic E-state index is 13.9. The fraction of sp³-hybridized carbons (Fsp3) is 0.316. The second kappa shape index (κ2) is 6.92. The second-order valence-corrected chi connectivity index (χ2v) is 6.57. The number of aromatic nitrogens is 3. The van der Waals surface area contributed by atoms with Gasteiger partial charge < -0.3 is 4.90 Å². The van der Waals surface area contributed by atoms with Crippen LogP contribution in [0.25, 0.3) is 11.0 Å². The number of anilines is 1. The molecule has 3 heterocycles. The van der Waals surface area contributed by atoms with Crippen molar-refractivity contribution in [3.05, 3.63) is 60.1 Å². The molecule has 0 aliphatic carbocycles. The number of pyridine rings is 1. The quantitative estimate of drug-likeness (QED) is 0.723. The summed E-state index contributed by atoms with van der Waals surface area (Å²) in [5, 5.41) is 0.931. The van der Waals surface area contributed by atoms with Gasteiger partial charge in [-0.05, 0) is 25.1 Å². The van der Waals surface area contributed by atoms with Gasteiger partial charge in [0.15, 0.2) is 5.65 Å². The normalized spacial score (nSPS) is 18.4. The number of nitrogens with zero attached hydrogens (tertiary/aromatic N) is 5. The molecule has 7 heteroatoms. The Balaban J connectivity index is 1.51. The summed E-state index contributed by atoms with van der Waals surface area (Å²) in [5.74, 6) is -0.163. The van der Waals surface area contributed by atoms with Gasteiger partial charge in [0.1, 0.15) is 23.8 Å². The Labute approximate surface area is 150 Å². The Hall–Kier alpha value is -2.67. The molecule has 0 N–H and O–H groups in total. The summed E-state index contributed by atoms with van der Waals surface area (Å²) >= 11 is 0. The summed E-state index contributed by atoms with van der Waals surface area (Å²) in [6.45, 7) is 4.88. The molecule has 4 rings (SSSR count). The first-order valence-corrected chi connectivity index (χ1v) is 8.60. The topological polar surface area (TPSA) is 45.2 Å². The lowest BCUT2D eigenvalue weighted by molar-refractivity contribution is 0.178. The molecule has 2 aromatic heterocycles. The predicted molar refractivity (Wildman–Crippen MR) is 95.8 cm³/mol. The van der Waals surface area contributed by atoms with Crippen molar-refractivity contribution in [1.29, 1.82) is 0 Å². The molecule has 1 fully saturated rings. The number of rotatable bonds is 3. The molecule has 0 bridgehead atoms. The van der Waals surface area contributed by atoms with Crippen LogP contribution in [0.2, 0.25) is 0 Å². The highest BCUT2D eigenvalue weighted by molar-refractivity contribution is 5.86. The van der Waals surface area contributed by atoms with E-state index >= 15 is 0 Å². The van der Waals surface area contributed by atoms with Crippen LogP contribution in [0.5, 0.6) is 0 Å². The van der Waals surface area contributed by atoms with Gasteiger partial charge in [0.2, 0.25) is 0 Å². The molecular formula is C19H19F2N5. The third-order valence-corrected chi connectivity index (χ3v) is 4.84. The highest BCUT2D eigenvalue weighted by atomic mass is 19.1. The summed E-state index contributed by atoms with van der Waals surface area (Å²) in [4.78, 5) is 17.4. The Bertz CT molecular complexity index is 927. The summed E-state index contributed by atoms with van der Waals surface area (Å²) in [6, 6.07) is 7.83. The lowest BCUT2D eigenvalue weighted by Crippen LogP contribution is -2.51. The van der Waals surface area contributed by atoms with E-state index in [1.165, 1.54) is 18.5 Å². The fourth-order valence-corrected chi connectivity index (χ4v) is 3.43. The van der Waals surface area contributed by atoms with Crippen LogP contribution in [0.1, 0.15) is 12.5 Å². The van der Waals surface area contributed by atoms with Gasteiger partial charge in [-0.15, -0.1) is 0 Å². The van der Waals surface area contributed by atoms with Gasteiger partial charge in [0.25, 0.3) is 0 Å². The molecule has 0 saturated carbocycles. The number of benzene rings is 1. The first-order valence-electron chi connectivity index (χ1n) is 8.60. The number of halogens is 2. The van der Waals surface area contributed by atoms with Gasteiger partial charge in [0, 0.05) is 50.0 Å². The zero-order valence-electron chi connectivity index (χ0n) is 14.4. The van der Waals surface area contributed by atoms with Crippen molar-refractivity contribution in [3.63, 3.8) is 0 Å². The first-order chi connectivity index (χ1) is 12.6. The Kier molecular flexibility index (Phi) is 4.46. The van der Waals surface area contributed by atoms with Gasteiger partial charge in [0.05, 0.1) is 5.39 Å². The van der Waals surface area contributed by atoms with E-state index in [2.05, 4.69) is 31.7 Å². The Morgan fingerprint density at radius 3 is 2.81 bits per heavy atom. The molecule has 1 unspecified atom stereocenters. The number of hydrogen-bond acceptors (Lipinski definition) is 5. The summed E-state index contributed by atoms with van der Waals surface area (Å²) in [5.41, 5.74) is 1.20. The van der Waals surface area contributed by atoms with Crippen LogP contribution in [-0.2, 0) is 6.54 Å². The van der Waals surface area contributed by atoms with Crippen LogP contribution in [0.3, 0.4) is 0 Å². The molecule has 5 nitrogen and oxygen atoms in total. The van der Waals surface area contributed by atoms with Crippen LogP contribution in [0.4, 0.5) is 14.6 Å². The zero-order chi connectivity index (χ0) is 18.1. The van der Waals surface area contributed by atoms with Crippen LogP contribution in [0, 0.1) is 11.6 Å². The highest BCUT2D eigenvalue weighted by Gasteiger charge is 2.26. The maximum Gasteiger partial charge on any atom is 0.164 e. The summed E-state index contributed by atoms with van der Waals surface area (Å²) in [7, 11) is 0. The molecule has 3 aromatic rings. The zero-order valence-corrected chi connectivity index (χ0v) is 14.4. The van der Waals surface area contributed by atoms with E-state index in [-0.39, 0.29) is 6.04 Å². The van der Waals surface area contributed by atoms with Crippen molar-refractivity contribution in [2.45, 2.75) is 19.5 Å². The maximum absolute atomic E-state index is 13.9. The van der Waals surface area contributed by atoms with E-state index < -0.39 is 11.6 Å². The van der Waals surface area contributed by atoms with Crippen molar-refractivity contribution in [2.75, 3.05) is 24.5 Å². The van der Waals surface area contributed by atoms with Crippen molar-refractivity contribution >= 4 is 16.9 Å². The standard InChI is InChI=1S/C19H19F2N5/c1-13-10-26(19-16-3-2-6-22-18(16)23-12-24-19)8-7-25(13)11-14-4-5-15(20)9-17(14)21/h2-6,9,12-13H,7-8,10-11H2,1H3. The minimum absolute atomic E-state index is 0.204. The smallest absolute Gasteiger partial charge is 0.164 e. The third-order valence-electron chi connectivity index (χ3n) is 4.84. The minimum atomic E-state index is -0.548. The van der Waals surface area contributed by atoms with Crippen molar-refractivity contribution in [2.24, 2.45) is 0 Å². The molecule has 0 radical (unpaired) electrons. The van der Waals surface area contributed by atoms with Crippen molar-refractivity contribution in [1.82, 2.24) is 19.9 Å². The van der Waals surface area contributed by atoms with E-state index in [9.17, 15) is 8.78 Å². The molecule has 1 atom stereocenters. The molecule has 26 heavy (non-hydrogen) atoms. The van der Waals surface area contributed by atoms with E-state index in [0.717, 1.165) is 36.9 Å². The van der Waals surface area contributed by atoms with Crippen LogP contribution in [0.15, 0.2) is 42.9 Å².